The first-order chi connectivity index (χ1) is 7.08. The summed E-state index contributed by atoms with van der Waals surface area (Å²) in [5.41, 5.74) is 0. The average molecular weight is 232 g/mol. The molecule has 1 saturated carbocycles. The van der Waals surface area contributed by atoms with Crippen LogP contribution in [0, 0.1) is 5.92 Å². The van der Waals surface area contributed by atoms with E-state index in [1.165, 1.54) is 0 Å². The Balaban J connectivity index is 1.92. The van der Waals surface area contributed by atoms with Gasteiger partial charge in [-0.05, 0) is 38.1 Å². The van der Waals surface area contributed by atoms with E-state index in [9.17, 15) is 8.42 Å². The maximum absolute atomic E-state index is 11.9. The topological polar surface area (TPSA) is 58.2 Å². The fourth-order valence-electron chi connectivity index (χ4n) is 2.54. The minimum absolute atomic E-state index is 0.186. The van der Waals surface area contributed by atoms with Crippen molar-refractivity contribution in [2.45, 2.75) is 43.9 Å². The molecule has 0 aromatic rings. The summed E-state index contributed by atoms with van der Waals surface area (Å²) >= 11 is 0. The van der Waals surface area contributed by atoms with Gasteiger partial charge in [0, 0.05) is 12.6 Å². The molecule has 0 aromatic carbocycles. The second-order valence-electron chi connectivity index (χ2n) is 4.89. The third kappa shape index (κ3) is 2.71. The van der Waals surface area contributed by atoms with E-state index in [1.807, 2.05) is 0 Å². The molecule has 88 valence electrons. The van der Waals surface area contributed by atoms with Crippen LogP contribution in [-0.4, -0.2) is 32.8 Å². The van der Waals surface area contributed by atoms with Gasteiger partial charge in [0.15, 0.2) is 0 Å². The monoisotopic (exact) mass is 232 g/mol. The molecule has 3 unspecified atom stereocenters. The summed E-state index contributed by atoms with van der Waals surface area (Å²) in [7, 11) is -3.08. The molecule has 4 nitrogen and oxygen atoms in total. The first-order valence-corrected chi connectivity index (χ1v) is 7.34. The molecule has 3 atom stereocenters. The minimum Gasteiger partial charge on any atom is -0.315 e. The molecule has 2 aliphatic rings. The average Bonchev–Trinajstić information content (AvgIpc) is 2.75. The number of nitrogens with one attached hydrogen (secondary N) is 2. The van der Waals surface area contributed by atoms with Crippen LogP contribution in [0.4, 0.5) is 0 Å². The predicted molar refractivity (Wildman–Crippen MR) is 60.1 cm³/mol. The smallest absolute Gasteiger partial charge is 0.216 e. The van der Waals surface area contributed by atoms with Gasteiger partial charge in [-0.1, -0.05) is 6.92 Å². The summed E-state index contributed by atoms with van der Waals surface area (Å²) in [6.45, 7) is 3.62. The number of rotatable bonds is 3. The lowest BCUT2D eigenvalue weighted by Gasteiger charge is -2.16. The summed E-state index contributed by atoms with van der Waals surface area (Å²) in [4.78, 5) is 0. The molecule has 1 aliphatic heterocycles. The van der Waals surface area contributed by atoms with Crippen LogP contribution in [-0.2, 0) is 10.0 Å². The largest absolute Gasteiger partial charge is 0.315 e. The molecule has 1 saturated heterocycles. The Morgan fingerprint density at radius 2 is 2.07 bits per heavy atom. The van der Waals surface area contributed by atoms with Gasteiger partial charge in [-0.15, -0.1) is 0 Å². The lowest BCUT2D eigenvalue weighted by atomic mass is 10.1. The zero-order valence-electron chi connectivity index (χ0n) is 9.20. The predicted octanol–water partition coefficient (Wildman–Crippen LogP) is 0.456. The number of hydrogen-bond acceptors (Lipinski definition) is 3. The number of sulfonamides is 1. The normalized spacial score (nSPS) is 37.3. The minimum atomic E-state index is -3.08. The van der Waals surface area contributed by atoms with Gasteiger partial charge in [-0.3, -0.25) is 0 Å². The van der Waals surface area contributed by atoms with Crippen molar-refractivity contribution in [2.24, 2.45) is 5.92 Å². The van der Waals surface area contributed by atoms with E-state index >= 15 is 0 Å². The molecule has 1 aliphatic carbocycles. The quantitative estimate of drug-likeness (QED) is 0.743. The van der Waals surface area contributed by atoms with E-state index in [1.54, 1.807) is 0 Å². The highest BCUT2D eigenvalue weighted by Crippen LogP contribution is 2.25. The van der Waals surface area contributed by atoms with Crippen molar-refractivity contribution in [1.29, 1.82) is 0 Å². The van der Waals surface area contributed by atoms with E-state index in [0.29, 0.717) is 12.5 Å². The van der Waals surface area contributed by atoms with Gasteiger partial charge in [0.2, 0.25) is 10.0 Å². The van der Waals surface area contributed by atoms with E-state index < -0.39 is 10.0 Å². The SMILES string of the molecule is CC1CCC(NS(=O)(=O)C2CCNC2)C1. The Morgan fingerprint density at radius 3 is 2.60 bits per heavy atom. The summed E-state index contributed by atoms with van der Waals surface area (Å²) in [5, 5.41) is 2.88. The van der Waals surface area contributed by atoms with Crippen LogP contribution < -0.4 is 10.0 Å². The first-order valence-electron chi connectivity index (χ1n) is 5.80. The van der Waals surface area contributed by atoms with Gasteiger partial charge in [0.1, 0.15) is 0 Å². The van der Waals surface area contributed by atoms with E-state index in [0.717, 1.165) is 32.2 Å². The fourth-order valence-corrected chi connectivity index (χ4v) is 4.17. The van der Waals surface area contributed by atoms with Crippen molar-refractivity contribution in [1.82, 2.24) is 10.0 Å². The molecule has 2 fully saturated rings. The van der Waals surface area contributed by atoms with Crippen molar-refractivity contribution in [3.05, 3.63) is 0 Å². The highest BCUT2D eigenvalue weighted by molar-refractivity contribution is 7.90. The van der Waals surface area contributed by atoms with Gasteiger partial charge in [0.05, 0.1) is 5.25 Å². The van der Waals surface area contributed by atoms with Crippen molar-refractivity contribution < 1.29 is 8.42 Å². The van der Waals surface area contributed by atoms with E-state index in [4.69, 9.17) is 0 Å². The lowest BCUT2D eigenvalue weighted by molar-refractivity contribution is 0.529. The van der Waals surface area contributed by atoms with Crippen LogP contribution in [0.5, 0.6) is 0 Å². The molecule has 0 spiro atoms. The van der Waals surface area contributed by atoms with E-state index in [2.05, 4.69) is 17.0 Å². The summed E-state index contributed by atoms with van der Waals surface area (Å²) < 4.78 is 26.7. The van der Waals surface area contributed by atoms with Crippen LogP contribution in [0.25, 0.3) is 0 Å². The molecule has 15 heavy (non-hydrogen) atoms. The van der Waals surface area contributed by atoms with Gasteiger partial charge < -0.3 is 5.32 Å². The van der Waals surface area contributed by atoms with Crippen molar-refractivity contribution in [3.63, 3.8) is 0 Å². The Labute approximate surface area is 91.9 Å². The van der Waals surface area contributed by atoms with Crippen LogP contribution in [0.2, 0.25) is 0 Å². The Bertz CT molecular complexity index is 309. The second-order valence-corrected chi connectivity index (χ2v) is 6.89. The Hall–Kier alpha value is -0.130. The van der Waals surface area contributed by atoms with Crippen molar-refractivity contribution in [2.75, 3.05) is 13.1 Å². The van der Waals surface area contributed by atoms with Crippen molar-refractivity contribution >= 4 is 10.0 Å². The van der Waals surface area contributed by atoms with Gasteiger partial charge in [-0.2, -0.15) is 0 Å². The maximum atomic E-state index is 11.9. The van der Waals surface area contributed by atoms with Gasteiger partial charge >= 0.3 is 0 Å². The van der Waals surface area contributed by atoms with Crippen LogP contribution in [0.1, 0.15) is 32.6 Å². The molecule has 2 N–H and O–H groups in total. The standard InChI is InChI=1S/C10H20N2O2S/c1-8-2-3-9(6-8)12-15(13,14)10-4-5-11-7-10/h8-12H,2-7H2,1H3. The van der Waals surface area contributed by atoms with Crippen LogP contribution >= 0.6 is 0 Å². The van der Waals surface area contributed by atoms with Crippen LogP contribution in [0.3, 0.4) is 0 Å². The number of hydrogen-bond donors (Lipinski definition) is 2. The second kappa shape index (κ2) is 4.39. The highest BCUT2D eigenvalue weighted by Gasteiger charge is 2.32. The molecular formula is C10H20N2O2S. The third-order valence-electron chi connectivity index (χ3n) is 3.48. The van der Waals surface area contributed by atoms with Gasteiger partial charge in [-0.25, -0.2) is 13.1 Å². The molecule has 2 rings (SSSR count). The maximum Gasteiger partial charge on any atom is 0.216 e. The Morgan fingerprint density at radius 1 is 1.27 bits per heavy atom. The summed E-state index contributed by atoms with van der Waals surface area (Å²) in [6.07, 6.45) is 3.90. The summed E-state index contributed by atoms with van der Waals surface area (Å²) in [6, 6.07) is 0.186. The van der Waals surface area contributed by atoms with Crippen molar-refractivity contribution in [3.8, 4) is 0 Å². The fraction of sp³-hybridized carbons (Fsp3) is 1.00. The molecule has 5 heteroatoms. The molecule has 0 aromatic heterocycles. The zero-order chi connectivity index (χ0) is 10.9. The highest BCUT2D eigenvalue weighted by atomic mass is 32.2. The molecule has 0 bridgehead atoms. The molecule has 0 radical (unpaired) electrons. The molecule has 1 heterocycles. The first kappa shape index (κ1) is 11.4. The van der Waals surface area contributed by atoms with E-state index in [-0.39, 0.29) is 11.3 Å². The Kier molecular flexibility index (Phi) is 3.33. The van der Waals surface area contributed by atoms with Crippen LogP contribution in [0.15, 0.2) is 0 Å². The molecular weight excluding hydrogens is 212 g/mol. The molecule has 0 amide bonds. The van der Waals surface area contributed by atoms with Gasteiger partial charge in [0.25, 0.3) is 0 Å². The lowest BCUT2D eigenvalue weighted by Crippen LogP contribution is -2.40. The third-order valence-corrected chi connectivity index (χ3v) is 5.42. The zero-order valence-corrected chi connectivity index (χ0v) is 10.0. The summed E-state index contributed by atoms with van der Waals surface area (Å²) in [5.74, 6) is 0.666.